The van der Waals surface area contributed by atoms with Crippen LogP contribution < -0.4 is 0 Å². The van der Waals surface area contributed by atoms with Crippen LogP contribution in [0.1, 0.15) is 56.1 Å². The fourth-order valence-electron chi connectivity index (χ4n) is 6.02. The van der Waals surface area contributed by atoms with Crippen LogP contribution in [0.25, 0.3) is 16.9 Å². The average Bonchev–Trinajstić information content (AvgIpc) is 3.27. The Labute approximate surface area is 189 Å². The zero-order valence-electron chi connectivity index (χ0n) is 19.2. The summed E-state index contributed by atoms with van der Waals surface area (Å²) in [4.78, 5) is 16.0. The molecule has 4 nitrogen and oxygen atoms in total. The van der Waals surface area contributed by atoms with Gasteiger partial charge in [-0.15, -0.1) is 0 Å². The van der Waals surface area contributed by atoms with Crippen molar-refractivity contribution >= 4 is 5.91 Å². The highest BCUT2D eigenvalue weighted by molar-refractivity contribution is 5.95. The molecule has 166 valence electrons. The van der Waals surface area contributed by atoms with Crippen LogP contribution in [0.2, 0.25) is 0 Å². The van der Waals surface area contributed by atoms with Gasteiger partial charge < -0.3 is 4.90 Å². The maximum Gasteiger partial charge on any atom is 0.272 e. The fourth-order valence-corrected chi connectivity index (χ4v) is 6.02. The molecule has 2 atom stereocenters. The number of nitrogens with zero attached hydrogens (tertiary/aromatic N) is 3. The minimum atomic E-state index is -0.289. The number of aryl methyl sites for hydroxylation is 1. The van der Waals surface area contributed by atoms with Gasteiger partial charge in [-0.1, -0.05) is 38.5 Å². The molecule has 2 unspecified atom stereocenters. The Balaban J connectivity index is 1.57. The van der Waals surface area contributed by atoms with Gasteiger partial charge in [0.05, 0.1) is 11.4 Å². The number of amides is 1. The summed E-state index contributed by atoms with van der Waals surface area (Å²) >= 11 is 0. The number of hydrogen-bond donors (Lipinski definition) is 0. The van der Waals surface area contributed by atoms with Gasteiger partial charge in [-0.2, -0.15) is 5.10 Å². The molecule has 1 saturated heterocycles. The lowest BCUT2D eigenvalue weighted by molar-refractivity contribution is 0.0699. The van der Waals surface area contributed by atoms with Gasteiger partial charge in [-0.25, -0.2) is 9.07 Å². The molecule has 2 heterocycles. The Bertz CT molecular complexity index is 1160. The standard InChI is InChI=1S/C27H30FN3O/c1-18-5-11-21(12-6-18)31-24(13-23(29-31)19-7-9-20(28)10-8-19)25(32)30-17-27(4)15-22(30)14-26(2,3)16-27/h5-13,22H,14-17H2,1-4H3. The first-order chi connectivity index (χ1) is 15.1. The second-order valence-electron chi connectivity index (χ2n) is 10.8. The summed E-state index contributed by atoms with van der Waals surface area (Å²) in [5.41, 5.74) is 4.42. The van der Waals surface area contributed by atoms with E-state index in [1.807, 2.05) is 37.3 Å². The number of aromatic nitrogens is 2. The zero-order chi connectivity index (χ0) is 22.7. The number of benzene rings is 2. The van der Waals surface area contributed by atoms with E-state index in [0.717, 1.165) is 42.6 Å². The number of halogens is 1. The molecule has 1 aliphatic heterocycles. The van der Waals surface area contributed by atoms with Crippen LogP contribution in [0, 0.1) is 23.6 Å². The molecule has 0 radical (unpaired) electrons. The van der Waals surface area contributed by atoms with Crippen LogP contribution in [-0.2, 0) is 0 Å². The van der Waals surface area contributed by atoms with Crippen molar-refractivity contribution in [3.63, 3.8) is 0 Å². The van der Waals surface area contributed by atoms with E-state index in [1.54, 1.807) is 16.8 Å². The first-order valence-corrected chi connectivity index (χ1v) is 11.4. The van der Waals surface area contributed by atoms with Crippen LogP contribution in [-0.4, -0.2) is 33.2 Å². The fraction of sp³-hybridized carbons (Fsp3) is 0.407. The van der Waals surface area contributed by atoms with Crippen molar-refractivity contribution in [2.45, 2.75) is 53.0 Å². The zero-order valence-corrected chi connectivity index (χ0v) is 19.2. The largest absolute Gasteiger partial charge is 0.334 e. The highest BCUT2D eigenvalue weighted by Gasteiger charge is 2.51. The Morgan fingerprint density at radius 3 is 2.41 bits per heavy atom. The molecule has 2 aliphatic rings. The molecule has 0 N–H and O–H groups in total. The van der Waals surface area contributed by atoms with E-state index < -0.39 is 0 Å². The van der Waals surface area contributed by atoms with E-state index in [1.165, 1.54) is 12.1 Å². The molecule has 3 aromatic rings. The third kappa shape index (κ3) is 3.74. The van der Waals surface area contributed by atoms with E-state index in [9.17, 15) is 9.18 Å². The molecular weight excluding hydrogens is 401 g/mol. The molecule has 2 bridgehead atoms. The summed E-state index contributed by atoms with van der Waals surface area (Å²) in [5, 5.41) is 4.78. The van der Waals surface area contributed by atoms with E-state index in [2.05, 4.69) is 25.7 Å². The van der Waals surface area contributed by atoms with E-state index in [4.69, 9.17) is 5.10 Å². The summed E-state index contributed by atoms with van der Waals surface area (Å²) in [6.07, 6.45) is 3.22. The van der Waals surface area contributed by atoms with Crippen molar-refractivity contribution in [2.24, 2.45) is 10.8 Å². The molecule has 1 aliphatic carbocycles. The van der Waals surface area contributed by atoms with Crippen molar-refractivity contribution in [2.75, 3.05) is 6.54 Å². The topological polar surface area (TPSA) is 38.1 Å². The smallest absolute Gasteiger partial charge is 0.272 e. The highest BCUT2D eigenvalue weighted by atomic mass is 19.1. The highest BCUT2D eigenvalue weighted by Crippen LogP contribution is 2.52. The van der Waals surface area contributed by atoms with Crippen molar-refractivity contribution in [1.82, 2.24) is 14.7 Å². The van der Waals surface area contributed by atoms with E-state index >= 15 is 0 Å². The molecule has 5 rings (SSSR count). The lowest BCUT2D eigenvalue weighted by Crippen LogP contribution is -2.38. The van der Waals surface area contributed by atoms with Gasteiger partial charge >= 0.3 is 0 Å². The van der Waals surface area contributed by atoms with Gasteiger partial charge in [0.15, 0.2) is 0 Å². The van der Waals surface area contributed by atoms with Crippen LogP contribution in [0.5, 0.6) is 0 Å². The third-order valence-corrected chi connectivity index (χ3v) is 7.02. The van der Waals surface area contributed by atoms with Gasteiger partial charge in [-0.3, -0.25) is 4.79 Å². The maximum absolute atomic E-state index is 13.9. The summed E-state index contributed by atoms with van der Waals surface area (Å²) in [7, 11) is 0. The summed E-state index contributed by atoms with van der Waals surface area (Å²) in [5.74, 6) is -0.263. The second-order valence-corrected chi connectivity index (χ2v) is 10.8. The van der Waals surface area contributed by atoms with Gasteiger partial charge in [-0.05, 0) is 79.5 Å². The number of likely N-dealkylation sites (tertiary alicyclic amines) is 1. The first-order valence-electron chi connectivity index (χ1n) is 11.4. The Morgan fingerprint density at radius 2 is 1.72 bits per heavy atom. The second kappa shape index (κ2) is 7.29. The normalized spacial score (nSPS) is 24.0. The van der Waals surface area contributed by atoms with Crippen LogP contribution >= 0.6 is 0 Å². The lowest BCUT2D eigenvalue weighted by atomic mass is 9.65. The molecule has 1 saturated carbocycles. The molecule has 0 spiro atoms. The lowest BCUT2D eigenvalue weighted by Gasteiger charge is -2.39. The molecule has 32 heavy (non-hydrogen) atoms. The number of rotatable bonds is 3. The van der Waals surface area contributed by atoms with Gasteiger partial charge in [0, 0.05) is 18.2 Å². The average molecular weight is 432 g/mol. The van der Waals surface area contributed by atoms with E-state index in [0.29, 0.717) is 11.4 Å². The molecule has 2 fully saturated rings. The Kier molecular flexibility index (Phi) is 4.77. The third-order valence-electron chi connectivity index (χ3n) is 7.02. The van der Waals surface area contributed by atoms with Crippen molar-refractivity contribution < 1.29 is 9.18 Å². The number of fused-ring (bicyclic) bond motifs is 2. The SMILES string of the molecule is Cc1ccc(-n2nc(-c3ccc(F)cc3)cc2C(=O)N2CC3(C)CC2CC(C)(C)C3)cc1. The van der Waals surface area contributed by atoms with E-state index in [-0.39, 0.29) is 28.6 Å². The number of carbonyl (C=O) groups is 1. The Morgan fingerprint density at radius 1 is 1.03 bits per heavy atom. The molecule has 5 heteroatoms. The van der Waals surface area contributed by atoms with Crippen molar-refractivity contribution in [3.05, 3.63) is 71.7 Å². The van der Waals surface area contributed by atoms with Crippen LogP contribution in [0.15, 0.2) is 54.6 Å². The first kappa shape index (κ1) is 20.9. The monoisotopic (exact) mass is 431 g/mol. The van der Waals surface area contributed by atoms with Crippen molar-refractivity contribution in [3.8, 4) is 16.9 Å². The van der Waals surface area contributed by atoms with Crippen LogP contribution in [0.4, 0.5) is 4.39 Å². The van der Waals surface area contributed by atoms with Crippen LogP contribution in [0.3, 0.4) is 0 Å². The number of hydrogen-bond acceptors (Lipinski definition) is 2. The minimum absolute atomic E-state index is 0.0258. The predicted octanol–water partition coefficient (Wildman–Crippen LogP) is 6.03. The minimum Gasteiger partial charge on any atom is -0.334 e. The summed E-state index contributed by atoms with van der Waals surface area (Å²) in [6, 6.07) is 16.4. The summed E-state index contributed by atoms with van der Waals surface area (Å²) < 4.78 is 15.2. The quantitative estimate of drug-likeness (QED) is 0.508. The van der Waals surface area contributed by atoms with Crippen molar-refractivity contribution in [1.29, 1.82) is 0 Å². The number of carbonyl (C=O) groups excluding carboxylic acids is 1. The maximum atomic E-state index is 13.9. The van der Waals surface area contributed by atoms with Gasteiger partial charge in [0.25, 0.3) is 5.91 Å². The molecule has 1 amide bonds. The predicted molar refractivity (Wildman–Crippen MR) is 124 cm³/mol. The van der Waals surface area contributed by atoms with Gasteiger partial charge in [0.1, 0.15) is 11.5 Å². The molecule has 1 aromatic heterocycles. The van der Waals surface area contributed by atoms with Gasteiger partial charge in [0.2, 0.25) is 0 Å². The molecular formula is C27H30FN3O. The Hall–Kier alpha value is -2.95. The molecule has 2 aromatic carbocycles. The summed E-state index contributed by atoms with van der Waals surface area (Å²) in [6.45, 7) is 9.76.